The quantitative estimate of drug-likeness (QED) is 0.464. The Hall–Kier alpha value is 2.92. The van der Waals surface area contributed by atoms with Crippen molar-refractivity contribution in [2.75, 3.05) is 0 Å². The Morgan fingerprint density at radius 3 is 1.20 bits per heavy atom. The van der Waals surface area contributed by atoms with E-state index in [-0.39, 0.29) is 72.4 Å². The third kappa shape index (κ3) is 19.7. The summed E-state index contributed by atoms with van der Waals surface area (Å²) in [6.07, 6.45) is 0. The molecule has 0 aromatic rings. The second kappa shape index (κ2) is 28.5. The maximum absolute atomic E-state index is 8.25. The topological polar surface area (TPSA) is 17.1 Å². The van der Waals surface area contributed by atoms with E-state index < -0.39 is 0 Å². The fourth-order valence-electron chi connectivity index (χ4n) is 0. The Morgan fingerprint density at radius 2 is 1.20 bits per heavy atom. The maximum atomic E-state index is 8.25. The van der Waals surface area contributed by atoms with Crippen LogP contribution in [0.3, 0.4) is 0 Å². The summed E-state index contributed by atoms with van der Waals surface area (Å²) < 4.78 is 8.25. The van der Waals surface area contributed by atoms with Crippen molar-refractivity contribution in [2.24, 2.45) is 0 Å². The van der Waals surface area contributed by atoms with Crippen LogP contribution in [0.4, 0.5) is 0 Å². The van der Waals surface area contributed by atoms with Crippen LogP contribution in [0.25, 0.3) is 0 Å². The van der Waals surface area contributed by atoms with Crippen LogP contribution in [0, 0.1) is 0 Å². The van der Waals surface area contributed by atoms with Gasteiger partial charge in [-0.05, 0) is 0 Å². The maximum Gasteiger partial charge on any atom is 0 e. The van der Waals surface area contributed by atoms with Gasteiger partial charge in [0.05, 0.1) is 0 Å². The van der Waals surface area contributed by atoms with Gasteiger partial charge in [-0.25, -0.2) is 0 Å². The van der Waals surface area contributed by atoms with Crippen LogP contribution in [0.5, 0.6) is 0 Å². The molecule has 0 aliphatic rings. The molecule has 1 nitrogen and oxygen atoms in total. The van der Waals surface area contributed by atoms with Crippen LogP contribution in [0.2, 0.25) is 0 Å². The SMILES string of the molecule is [LiH].[O]=[Ti].[PbH2].[Zr]. The van der Waals surface area contributed by atoms with Gasteiger partial charge in [-0.2, -0.15) is 0 Å². The fourth-order valence-corrected chi connectivity index (χ4v) is 0. The van der Waals surface area contributed by atoms with E-state index in [1.54, 1.807) is 0 Å². The van der Waals surface area contributed by atoms with Gasteiger partial charge in [0.15, 0.2) is 0 Å². The van der Waals surface area contributed by atoms with E-state index in [9.17, 15) is 0 Å². The van der Waals surface area contributed by atoms with Crippen LogP contribution < -0.4 is 0 Å². The first-order valence-corrected chi connectivity index (χ1v) is 0.842. The van der Waals surface area contributed by atoms with Gasteiger partial charge < -0.3 is 0 Å². The zero-order valence-electron chi connectivity index (χ0n) is 2.12. The van der Waals surface area contributed by atoms with E-state index in [4.69, 9.17) is 3.32 Å². The predicted octanol–water partition coefficient (Wildman–Crippen LogP) is -1.69. The Kier molecular flexibility index (Phi) is 141. The van der Waals surface area contributed by atoms with Crippen molar-refractivity contribution in [1.82, 2.24) is 0 Å². The first kappa shape index (κ1) is 24.7. The van der Waals surface area contributed by atoms with E-state index in [2.05, 4.69) is 0 Å². The predicted molar refractivity (Wildman–Crippen MR) is 16.4 cm³/mol. The molecule has 0 rings (SSSR count). The van der Waals surface area contributed by atoms with Gasteiger partial charge in [-0.3, -0.25) is 0 Å². The van der Waals surface area contributed by atoms with Gasteiger partial charge in [0.25, 0.3) is 0 Å². The van der Waals surface area contributed by atoms with Gasteiger partial charge in [0.1, 0.15) is 0 Å². The summed E-state index contributed by atoms with van der Waals surface area (Å²) in [4.78, 5) is 0. The number of rotatable bonds is 0. The van der Waals surface area contributed by atoms with Gasteiger partial charge in [-0.1, -0.05) is 0 Å². The van der Waals surface area contributed by atoms with Gasteiger partial charge in [-0.15, -0.1) is 0 Å². The third-order valence-corrected chi connectivity index (χ3v) is 0. The monoisotopic (exact) mass is 372 g/mol. The van der Waals surface area contributed by atoms with E-state index in [1.807, 2.05) is 0 Å². The Balaban J connectivity index is -0.00000000167. The van der Waals surface area contributed by atoms with Crippen molar-refractivity contribution in [3.05, 3.63) is 0 Å². The minimum absolute atomic E-state index is 0. The normalized spacial score (nSPS) is 0.600. The molecular formula is H3LiOPbTiZr. The van der Waals surface area contributed by atoms with Crippen molar-refractivity contribution < 1.29 is 49.9 Å². The molecule has 0 unspecified atom stereocenters. The molecule has 0 aliphatic carbocycles. The van der Waals surface area contributed by atoms with E-state index >= 15 is 0 Å². The van der Waals surface area contributed by atoms with Crippen molar-refractivity contribution in [3.63, 3.8) is 0 Å². The largest absolute Gasteiger partial charge is 0 e. The summed E-state index contributed by atoms with van der Waals surface area (Å²) in [6, 6.07) is 0. The summed E-state index contributed by atoms with van der Waals surface area (Å²) in [7, 11) is 0. The summed E-state index contributed by atoms with van der Waals surface area (Å²) >= 11 is 0.750. The molecule has 0 saturated heterocycles. The second-order valence-electron chi connectivity index (χ2n) is 0. The fraction of sp³-hybridized carbons (Fsp3) is 0. The van der Waals surface area contributed by atoms with Crippen LogP contribution in [-0.2, 0) is 49.9 Å². The molecule has 0 aliphatic heterocycles. The smallest absolute Gasteiger partial charge is 0 e. The molecule has 0 spiro atoms. The molecule has 0 fully saturated rings. The molecule has 0 N–H and O–H groups in total. The van der Waals surface area contributed by atoms with Gasteiger partial charge in [0.2, 0.25) is 0 Å². The van der Waals surface area contributed by atoms with Gasteiger partial charge in [0, 0.05) is 26.2 Å². The van der Waals surface area contributed by atoms with Crippen molar-refractivity contribution in [1.29, 1.82) is 0 Å². The molecular weight excluding hydrogens is 369 g/mol. The second-order valence-corrected chi connectivity index (χ2v) is 0. The van der Waals surface area contributed by atoms with Crippen LogP contribution in [-0.4, -0.2) is 46.2 Å². The van der Waals surface area contributed by atoms with Crippen LogP contribution >= 0.6 is 0 Å². The molecule has 0 atom stereocenters. The molecule has 0 aromatic carbocycles. The molecule has 0 amide bonds. The van der Waals surface area contributed by atoms with E-state index in [0.29, 0.717) is 0 Å². The minimum Gasteiger partial charge on any atom is 0 e. The Morgan fingerprint density at radius 1 is 1.20 bits per heavy atom. The number of hydrogen-bond donors (Lipinski definition) is 0. The zero-order valence-corrected chi connectivity index (χ0v) is 11.6. The molecule has 0 aromatic heterocycles. The zero-order chi connectivity index (χ0) is 2.00. The summed E-state index contributed by atoms with van der Waals surface area (Å²) in [5.74, 6) is 0. The average Bonchev–Trinajstić information content (AvgIpc) is 1.00. The standard InChI is InChI=1S/Li.O.Pb.Ti.Zr.3H. The summed E-state index contributed by atoms with van der Waals surface area (Å²) in [5, 5.41) is 0. The number of hydrogen-bond acceptors (Lipinski definition) is 1. The first-order chi connectivity index (χ1) is 1.00. The van der Waals surface area contributed by atoms with E-state index in [1.165, 1.54) is 0 Å². The minimum atomic E-state index is 0. The summed E-state index contributed by atoms with van der Waals surface area (Å²) in [6.45, 7) is 0. The Labute approximate surface area is 94.2 Å². The van der Waals surface area contributed by atoms with E-state index in [0.717, 1.165) is 20.4 Å². The van der Waals surface area contributed by atoms with Crippen molar-refractivity contribution in [2.45, 2.75) is 0 Å². The van der Waals surface area contributed by atoms with Crippen LogP contribution in [0.15, 0.2) is 0 Å². The van der Waals surface area contributed by atoms with Crippen molar-refractivity contribution >= 4 is 46.2 Å². The molecule has 22 valence electrons. The Bertz CT molecular complexity index is 11.6. The first-order valence-electron chi connectivity index (χ1n) is 0.204. The van der Waals surface area contributed by atoms with Crippen LogP contribution in [0.1, 0.15) is 0 Å². The summed E-state index contributed by atoms with van der Waals surface area (Å²) in [5.41, 5.74) is 0. The average molecular weight is 372 g/mol. The van der Waals surface area contributed by atoms with Gasteiger partial charge >= 0.3 is 69.9 Å². The third-order valence-electron chi connectivity index (χ3n) is 0. The van der Waals surface area contributed by atoms with Crippen molar-refractivity contribution in [3.8, 4) is 0 Å². The molecule has 5 heteroatoms. The molecule has 0 heterocycles. The molecule has 0 saturated carbocycles. The molecule has 0 bridgehead atoms. The molecule has 5 heavy (non-hydrogen) atoms. The molecule has 2 radical (unpaired) electrons.